The van der Waals surface area contributed by atoms with Crippen LogP contribution in [0.5, 0.6) is 0 Å². The van der Waals surface area contributed by atoms with Crippen LogP contribution < -0.4 is 0 Å². The zero-order valence-electron chi connectivity index (χ0n) is 9.72. The van der Waals surface area contributed by atoms with Gasteiger partial charge in [-0.05, 0) is 19.3 Å². The van der Waals surface area contributed by atoms with Gasteiger partial charge in [0.15, 0.2) is 0 Å². The molecule has 2 aliphatic rings. The van der Waals surface area contributed by atoms with Gasteiger partial charge in [0, 0.05) is 26.1 Å². The predicted molar refractivity (Wildman–Crippen MR) is 64.4 cm³/mol. The molecule has 2 aliphatic heterocycles. The van der Waals surface area contributed by atoms with Crippen LogP contribution in [0.4, 0.5) is 0 Å². The van der Waals surface area contributed by atoms with Crippen LogP contribution in [-0.2, 0) is 10.1 Å². The van der Waals surface area contributed by atoms with E-state index in [9.17, 15) is 8.42 Å². The first-order chi connectivity index (χ1) is 7.47. The average molecular weight is 248 g/mol. The normalized spacial score (nSPS) is 21.1. The van der Waals surface area contributed by atoms with Crippen molar-refractivity contribution in [3.05, 3.63) is 0 Å². The van der Waals surface area contributed by atoms with Gasteiger partial charge < -0.3 is 4.90 Å². The third-order valence-corrected chi connectivity index (χ3v) is 2.57. The summed E-state index contributed by atoms with van der Waals surface area (Å²) in [6, 6.07) is 0. The molecule has 0 aromatic rings. The zero-order valence-corrected chi connectivity index (χ0v) is 10.5. The van der Waals surface area contributed by atoms with Crippen molar-refractivity contribution in [3.8, 4) is 0 Å². The maximum absolute atomic E-state index is 9.19. The molecule has 1 N–H and O–H groups in total. The molecule has 0 bridgehead atoms. The Morgan fingerprint density at radius 3 is 2.50 bits per heavy atom. The summed E-state index contributed by atoms with van der Waals surface area (Å²) in [4.78, 5) is 7.04. The molecule has 0 aliphatic carbocycles. The van der Waals surface area contributed by atoms with E-state index in [1.165, 1.54) is 51.0 Å². The number of fused-ring (bicyclic) bond motifs is 1. The third-order valence-electron chi connectivity index (χ3n) is 2.57. The van der Waals surface area contributed by atoms with Crippen molar-refractivity contribution in [3.63, 3.8) is 0 Å². The second kappa shape index (κ2) is 6.20. The summed E-state index contributed by atoms with van der Waals surface area (Å²) >= 11 is 0. The number of nitrogens with zero attached hydrogens (tertiary/aromatic N) is 2. The second-order valence-corrected chi connectivity index (χ2v) is 5.65. The molecule has 0 unspecified atom stereocenters. The molecule has 0 radical (unpaired) electrons. The summed E-state index contributed by atoms with van der Waals surface area (Å²) in [5.74, 6) is 1.40. The van der Waals surface area contributed by atoms with E-state index in [1.807, 2.05) is 0 Å². The van der Waals surface area contributed by atoms with Crippen LogP contribution in [0, 0.1) is 0 Å². The van der Waals surface area contributed by atoms with Crippen LogP contribution in [0.25, 0.3) is 0 Å². The molecule has 0 amide bonds. The van der Waals surface area contributed by atoms with Crippen molar-refractivity contribution in [2.75, 3.05) is 25.9 Å². The zero-order chi connectivity index (χ0) is 12.0. The van der Waals surface area contributed by atoms with Crippen LogP contribution >= 0.6 is 0 Å². The Labute approximate surface area is 97.3 Å². The highest BCUT2D eigenvalue weighted by atomic mass is 32.2. The van der Waals surface area contributed by atoms with E-state index in [2.05, 4.69) is 9.89 Å². The van der Waals surface area contributed by atoms with Crippen molar-refractivity contribution in [2.24, 2.45) is 4.99 Å². The molecule has 2 heterocycles. The van der Waals surface area contributed by atoms with Crippen molar-refractivity contribution in [2.45, 2.75) is 32.1 Å². The summed E-state index contributed by atoms with van der Waals surface area (Å²) in [5.41, 5.74) is 0. The average Bonchev–Trinajstić information content (AvgIpc) is 2.39. The molecule has 2 rings (SSSR count). The minimum Gasteiger partial charge on any atom is -0.360 e. The first kappa shape index (κ1) is 13.4. The smallest absolute Gasteiger partial charge is 0.261 e. The molecule has 5 nitrogen and oxygen atoms in total. The van der Waals surface area contributed by atoms with Gasteiger partial charge in [0.1, 0.15) is 0 Å². The van der Waals surface area contributed by atoms with E-state index in [4.69, 9.17) is 4.55 Å². The molecule has 0 aromatic carbocycles. The van der Waals surface area contributed by atoms with Gasteiger partial charge in [0.25, 0.3) is 10.1 Å². The standard InChI is InChI=1S/C9H16N2.CH4O3S/c1-2-5-9-10-6-4-8-11(9)7-3-1;1-5(2,3)4/h1-8H2;1H3,(H,2,3,4). The highest BCUT2D eigenvalue weighted by molar-refractivity contribution is 7.85. The summed E-state index contributed by atoms with van der Waals surface area (Å²) in [5, 5.41) is 0. The van der Waals surface area contributed by atoms with Crippen molar-refractivity contribution in [1.29, 1.82) is 0 Å². The van der Waals surface area contributed by atoms with Crippen molar-refractivity contribution >= 4 is 16.0 Å². The third kappa shape index (κ3) is 6.07. The molecule has 0 atom stereocenters. The number of aliphatic imine (C=N–C) groups is 1. The Morgan fingerprint density at radius 1 is 1.19 bits per heavy atom. The van der Waals surface area contributed by atoms with Crippen LogP contribution in [0.15, 0.2) is 4.99 Å². The van der Waals surface area contributed by atoms with E-state index >= 15 is 0 Å². The fourth-order valence-corrected chi connectivity index (χ4v) is 1.94. The Hall–Kier alpha value is -0.620. The number of rotatable bonds is 0. The maximum atomic E-state index is 9.19. The lowest BCUT2D eigenvalue weighted by Crippen LogP contribution is -2.34. The molecule has 1 saturated heterocycles. The molecule has 16 heavy (non-hydrogen) atoms. The Morgan fingerprint density at radius 2 is 1.81 bits per heavy atom. The quantitative estimate of drug-likeness (QED) is 0.653. The van der Waals surface area contributed by atoms with Crippen LogP contribution in [0.1, 0.15) is 32.1 Å². The predicted octanol–water partition coefficient (Wildman–Crippen LogP) is 1.17. The van der Waals surface area contributed by atoms with Gasteiger partial charge in [0.05, 0.1) is 12.1 Å². The minimum atomic E-state index is -3.67. The molecule has 94 valence electrons. The Bertz CT molecular complexity index is 330. The molecule has 0 spiro atoms. The largest absolute Gasteiger partial charge is 0.360 e. The molecular formula is C10H20N2O3S. The Balaban J connectivity index is 0.000000221. The SMILES string of the molecule is C1CCC2=NCCCN2CC1.CS(=O)(=O)O. The van der Waals surface area contributed by atoms with E-state index in [0.29, 0.717) is 6.26 Å². The monoisotopic (exact) mass is 248 g/mol. The van der Waals surface area contributed by atoms with Gasteiger partial charge >= 0.3 is 0 Å². The van der Waals surface area contributed by atoms with Gasteiger partial charge in [-0.2, -0.15) is 8.42 Å². The van der Waals surface area contributed by atoms with E-state index in [-0.39, 0.29) is 0 Å². The van der Waals surface area contributed by atoms with Gasteiger partial charge in [-0.15, -0.1) is 0 Å². The fraction of sp³-hybridized carbons (Fsp3) is 0.900. The van der Waals surface area contributed by atoms with Crippen molar-refractivity contribution < 1.29 is 13.0 Å². The second-order valence-electron chi connectivity index (χ2n) is 4.18. The van der Waals surface area contributed by atoms with Crippen LogP contribution in [-0.4, -0.2) is 49.6 Å². The van der Waals surface area contributed by atoms with Gasteiger partial charge in [-0.1, -0.05) is 6.42 Å². The molecule has 0 saturated carbocycles. The van der Waals surface area contributed by atoms with Crippen molar-refractivity contribution in [1.82, 2.24) is 4.90 Å². The summed E-state index contributed by atoms with van der Waals surface area (Å²) in [6.45, 7) is 3.60. The first-order valence-corrected chi connectivity index (χ1v) is 7.52. The maximum Gasteiger partial charge on any atom is 0.261 e. The van der Waals surface area contributed by atoms with Gasteiger partial charge in [-0.3, -0.25) is 9.55 Å². The fourth-order valence-electron chi connectivity index (χ4n) is 1.94. The molecule has 1 fully saturated rings. The molecule has 0 aromatic heterocycles. The number of hydrogen-bond acceptors (Lipinski definition) is 4. The Kier molecular flexibility index (Phi) is 5.21. The summed E-state index contributed by atoms with van der Waals surface area (Å²) < 4.78 is 25.9. The van der Waals surface area contributed by atoms with Gasteiger partial charge in [-0.25, -0.2) is 0 Å². The van der Waals surface area contributed by atoms with Gasteiger partial charge in [0.2, 0.25) is 0 Å². The summed E-state index contributed by atoms with van der Waals surface area (Å²) in [6.07, 6.45) is 7.35. The number of hydrogen-bond donors (Lipinski definition) is 1. The highest BCUT2D eigenvalue weighted by Gasteiger charge is 2.16. The lowest BCUT2D eigenvalue weighted by atomic mass is 10.2. The summed E-state index contributed by atoms with van der Waals surface area (Å²) in [7, 11) is -3.67. The minimum absolute atomic E-state index is 0.715. The first-order valence-electron chi connectivity index (χ1n) is 5.67. The van der Waals surface area contributed by atoms with E-state index in [0.717, 1.165) is 6.54 Å². The topological polar surface area (TPSA) is 70.0 Å². The lowest BCUT2D eigenvalue weighted by Gasteiger charge is -2.27. The lowest BCUT2D eigenvalue weighted by molar-refractivity contribution is 0.391. The van der Waals surface area contributed by atoms with Crippen LogP contribution in [0.3, 0.4) is 0 Å². The number of amidine groups is 1. The van der Waals surface area contributed by atoms with Crippen LogP contribution in [0.2, 0.25) is 0 Å². The highest BCUT2D eigenvalue weighted by Crippen LogP contribution is 2.15. The van der Waals surface area contributed by atoms with E-state index in [1.54, 1.807) is 0 Å². The van der Waals surface area contributed by atoms with E-state index < -0.39 is 10.1 Å². The molecule has 6 heteroatoms. The molecular weight excluding hydrogens is 228 g/mol.